The summed E-state index contributed by atoms with van der Waals surface area (Å²) in [5, 5.41) is 0. The van der Waals surface area contributed by atoms with E-state index in [1.165, 1.54) is 205 Å². The first-order chi connectivity index (χ1) is 37.0. The van der Waals surface area contributed by atoms with Crippen LogP contribution < -0.4 is 0 Å². The van der Waals surface area contributed by atoms with E-state index in [2.05, 4.69) is 93.7 Å². The molecule has 1 atom stereocenters. The fourth-order valence-electron chi connectivity index (χ4n) is 9.24. The lowest BCUT2D eigenvalue weighted by atomic mass is 10.0. The molecule has 0 N–H and O–H groups in total. The van der Waals surface area contributed by atoms with Crippen LogP contribution in [0.3, 0.4) is 0 Å². The van der Waals surface area contributed by atoms with Gasteiger partial charge >= 0.3 is 17.9 Å². The van der Waals surface area contributed by atoms with Crippen LogP contribution in [0.2, 0.25) is 0 Å². The summed E-state index contributed by atoms with van der Waals surface area (Å²) in [5.74, 6) is -0.910. The highest BCUT2D eigenvalue weighted by atomic mass is 16.6. The van der Waals surface area contributed by atoms with Gasteiger partial charge in [-0.1, -0.05) is 267 Å². The normalized spacial score (nSPS) is 12.5. The molecule has 0 aliphatic rings. The Morgan fingerprint density at radius 2 is 0.480 bits per heavy atom. The van der Waals surface area contributed by atoms with E-state index in [1.807, 2.05) is 0 Å². The second-order valence-corrected chi connectivity index (χ2v) is 21.7. The van der Waals surface area contributed by atoms with Gasteiger partial charge in [-0.25, -0.2) is 0 Å². The molecule has 0 unspecified atom stereocenters. The molecule has 0 fully saturated rings. The van der Waals surface area contributed by atoms with Crippen LogP contribution in [-0.2, 0) is 28.6 Å². The summed E-state index contributed by atoms with van der Waals surface area (Å²) < 4.78 is 16.9. The predicted molar refractivity (Wildman–Crippen MR) is 325 cm³/mol. The van der Waals surface area contributed by atoms with E-state index in [4.69, 9.17) is 14.2 Å². The summed E-state index contributed by atoms with van der Waals surface area (Å²) in [6, 6.07) is 0. The van der Waals surface area contributed by atoms with E-state index in [-0.39, 0.29) is 31.1 Å². The Kier molecular flexibility index (Phi) is 60.7. The summed E-state index contributed by atoms with van der Waals surface area (Å²) >= 11 is 0. The molecule has 0 aliphatic heterocycles. The second kappa shape index (κ2) is 63.4. The molecule has 0 radical (unpaired) electrons. The average molecular weight is 1050 g/mol. The summed E-state index contributed by atoms with van der Waals surface area (Å²) in [6.45, 7) is 6.61. The van der Waals surface area contributed by atoms with Crippen molar-refractivity contribution in [3.05, 3.63) is 72.9 Å². The molecule has 0 aromatic carbocycles. The first kappa shape index (κ1) is 71.8. The van der Waals surface area contributed by atoms with Gasteiger partial charge in [-0.15, -0.1) is 0 Å². The average Bonchev–Trinajstić information content (AvgIpc) is 3.41. The van der Waals surface area contributed by atoms with Crippen LogP contribution >= 0.6 is 0 Å². The molecule has 0 aliphatic carbocycles. The fourth-order valence-corrected chi connectivity index (χ4v) is 9.24. The van der Waals surface area contributed by atoms with Gasteiger partial charge in [-0.3, -0.25) is 14.4 Å². The smallest absolute Gasteiger partial charge is 0.306 e. The van der Waals surface area contributed by atoms with Gasteiger partial charge in [-0.05, 0) is 116 Å². The monoisotopic (exact) mass is 1050 g/mol. The van der Waals surface area contributed by atoms with Gasteiger partial charge < -0.3 is 14.2 Å². The molecule has 0 amide bonds. The van der Waals surface area contributed by atoms with Crippen LogP contribution in [0.4, 0.5) is 0 Å². The van der Waals surface area contributed by atoms with Gasteiger partial charge in [0.15, 0.2) is 6.10 Å². The number of hydrogen-bond donors (Lipinski definition) is 0. The molecule has 434 valence electrons. The topological polar surface area (TPSA) is 78.9 Å². The highest BCUT2D eigenvalue weighted by Crippen LogP contribution is 2.16. The van der Waals surface area contributed by atoms with Crippen molar-refractivity contribution in [2.24, 2.45) is 0 Å². The lowest BCUT2D eigenvalue weighted by Crippen LogP contribution is -2.30. The minimum absolute atomic E-state index is 0.0885. The Labute approximate surface area is 465 Å². The van der Waals surface area contributed by atoms with Crippen molar-refractivity contribution in [2.45, 2.75) is 335 Å². The quantitative estimate of drug-likeness (QED) is 0.0261. The molecule has 75 heavy (non-hydrogen) atoms. The van der Waals surface area contributed by atoms with Gasteiger partial charge in [0.2, 0.25) is 0 Å². The third-order valence-electron chi connectivity index (χ3n) is 14.2. The van der Waals surface area contributed by atoms with Crippen molar-refractivity contribution in [3.8, 4) is 0 Å². The molecule has 0 spiro atoms. The van der Waals surface area contributed by atoms with Gasteiger partial charge in [0.05, 0.1) is 0 Å². The maximum Gasteiger partial charge on any atom is 0.306 e. The van der Waals surface area contributed by atoms with Crippen molar-refractivity contribution in [1.29, 1.82) is 0 Å². The standard InChI is InChI=1S/C69H122O6/c1-4-7-10-13-16-19-22-25-28-31-33-34-36-38-41-44-47-50-53-56-59-62-68(71)74-65-66(64-73-67(70)61-58-55-52-49-46-43-40-37-30-27-24-21-18-15-12-9-6-3)75-69(72)63-60-57-54-51-48-45-42-39-35-32-29-26-23-20-17-14-11-8-5-2/h17,20,25-30,35,39,45,48,66H,4-16,18-19,21-24,31-34,36-38,40-44,46-47,49-65H2,1-3H3/b20-17-,28-25-,29-26-,30-27-,39-35-,48-45-/t66-/m0/s1. The Morgan fingerprint density at radius 1 is 0.267 bits per heavy atom. The number of allylic oxidation sites excluding steroid dienone is 12. The Bertz CT molecular complexity index is 1390. The third kappa shape index (κ3) is 61.6. The van der Waals surface area contributed by atoms with Crippen LogP contribution in [0.5, 0.6) is 0 Å². The summed E-state index contributed by atoms with van der Waals surface area (Å²) in [5.41, 5.74) is 0. The van der Waals surface area contributed by atoms with Crippen molar-refractivity contribution < 1.29 is 28.6 Å². The molecule has 6 heteroatoms. The van der Waals surface area contributed by atoms with Crippen LogP contribution in [0.25, 0.3) is 0 Å². The maximum absolute atomic E-state index is 12.9. The molecule has 0 bridgehead atoms. The zero-order valence-electron chi connectivity index (χ0n) is 49.8. The first-order valence-corrected chi connectivity index (χ1v) is 32.4. The summed E-state index contributed by atoms with van der Waals surface area (Å²) in [7, 11) is 0. The van der Waals surface area contributed by atoms with Crippen molar-refractivity contribution >= 4 is 17.9 Å². The number of hydrogen-bond acceptors (Lipinski definition) is 6. The third-order valence-corrected chi connectivity index (χ3v) is 14.2. The molecule has 0 aromatic heterocycles. The van der Waals surface area contributed by atoms with Crippen LogP contribution in [0.1, 0.15) is 329 Å². The Balaban J connectivity index is 4.41. The van der Waals surface area contributed by atoms with Crippen LogP contribution in [-0.4, -0.2) is 37.2 Å². The van der Waals surface area contributed by atoms with E-state index in [1.54, 1.807) is 0 Å². The largest absolute Gasteiger partial charge is 0.462 e. The number of carbonyl (C=O) groups excluding carboxylic acids is 3. The van der Waals surface area contributed by atoms with Crippen molar-refractivity contribution in [2.75, 3.05) is 13.2 Å². The van der Waals surface area contributed by atoms with Crippen molar-refractivity contribution in [3.63, 3.8) is 0 Å². The number of carbonyl (C=O) groups is 3. The number of ether oxygens (including phenoxy) is 3. The molecule has 6 nitrogen and oxygen atoms in total. The van der Waals surface area contributed by atoms with Gasteiger partial charge in [0, 0.05) is 19.3 Å². The zero-order chi connectivity index (χ0) is 54.3. The van der Waals surface area contributed by atoms with Gasteiger partial charge in [-0.2, -0.15) is 0 Å². The van der Waals surface area contributed by atoms with E-state index in [0.717, 1.165) is 83.5 Å². The SMILES string of the molecule is CCCCC/C=C\C/C=C\C/C=C\C/C=C\CCCCCC(=O)O[C@@H](COC(=O)CCCCCCCCC/C=C\CCCCCCCC)COC(=O)CCCCCCCCCCCCC/C=C\CCCCCCCC. The number of unbranched alkanes of at least 4 members (excludes halogenated alkanes) is 36. The van der Waals surface area contributed by atoms with Crippen LogP contribution in [0, 0.1) is 0 Å². The second-order valence-electron chi connectivity index (χ2n) is 21.7. The molecule has 0 rings (SSSR count). The Morgan fingerprint density at radius 3 is 0.800 bits per heavy atom. The van der Waals surface area contributed by atoms with Gasteiger partial charge in [0.1, 0.15) is 13.2 Å². The first-order valence-electron chi connectivity index (χ1n) is 32.4. The van der Waals surface area contributed by atoms with E-state index in [0.29, 0.717) is 19.3 Å². The lowest BCUT2D eigenvalue weighted by molar-refractivity contribution is -0.167. The maximum atomic E-state index is 12.9. The van der Waals surface area contributed by atoms with E-state index < -0.39 is 6.10 Å². The highest BCUT2D eigenvalue weighted by molar-refractivity contribution is 5.71. The summed E-state index contributed by atoms with van der Waals surface area (Å²) in [6.07, 6.45) is 81.9. The molecular weight excluding hydrogens is 925 g/mol. The zero-order valence-corrected chi connectivity index (χ0v) is 49.8. The van der Waals surface area contributed by atoms with E-state index >= 15 is 0 Å². The highest BCUT2D eigenvalue weighted by Gasteiger charge is 2.19. The number of rotatable bonds is 59. The molecule has 0 saturated carbocycles. The van der Waals surface area contributed by atoms with Crippen molar-refractivity contribution in [1.82, 2.24) is 0 Å². The molecule has 0 heterocycles. The molecule has 0 aromatic rings. The van der Waals surface area contributed by atoms with Crippen LogP contribution in [0.15, 0.2) is 72.9 Å². The van der Waals surface area contributed by atoms with E-state index in [9.17, 15) is 14.4 Å². The Hall–Kier alpha value is -3.15. The molecular formula is C69H122O6. The fraction of sp³-hybridized carbons (Fsp3) is 0.783. The summed E-state index contributed by atoms with van der Waals surface area (Å²) in [4.78, 5) is 38.3. The minimum Gasteiger partial charge on any atom is -0.462 e. The minimum atomic E-state index is -0.795. The predicted octanol–water partition coefficient (Wildman–Crippen LogP) is 22.1. The molecule has 0 saturated heterocycles. The number of esters is 3. The van der Waals surface area contributed by atoms with Gasteiger partial charge in [0.25, 0.3) is 0 Å². The lowest BCUT2D eigenvalue weighted by Gasteiger charge is -2.18.